The molecule has 0 aliphatic carbocycles. The number of hydrogen-bond donors (Lipinski definition) is 1. The first-order valence-electron chi connectivity index (χ1n) is 6.54. The molecule has 4 heteroatoms. The van der Waals surface area contributed by atoms with Crippen LogP contribution in [0.4, 0.5) is 0 Å². The van der Waals surface area contributed by atoms with Crippen LogP contribution in [0.2, 0.25) is 5.02 Å². The number of halogens is 1. The van der Waals surface area contributed by atoms with Crippen molar-refractivity contribution in [2.45, 2.75) is 33.4 Å². The van der Waals surface area contributed by atoms with Crippen molar-refractivity contribution in [2.75, 3.05) is 7.05 Å². The first-order valence-corrected chi connectivity index (χ1v) is 6.91. The second-order valence-corrected chi connectivity index (χ2v) is 5.18. The van der Waals surface area contributed by atoms with Gasteiger partial charge in [-0.2, -0.15) is 5.10 Å². The van der Waals surface area contributed by atoms with Gasteiger partial charge in [-0.15, -0.1) is 0 Å². The molecule has 1 heterocycles. The van der Waals surface area contributed by atoms with Gasteiger partial charge in [0.05, 0.1) is 23.0 Å². The zero-order valence-corrected chi connectivity index (χ0v) is 12.6. The Morgan fingerprint density at radius 3 is 2.74 bits per heavy atom. The van der Waals surface area contributed by atoms with Gasteiger partial charge in [0.1, 0.15) is 0 Å². The van der Waals surface area contributed by atoms with Crippen LogP contribution in [0.1, 0.15) is 35.3 Å². The SMILES string of the molecule is CCn1ncc(Cl)c1C(NC)c1cc(C)ccc1C. The Morgan fingerprint density at radius 2 is 2.11 bits per heavy atom. The molecule has 1 aromatic heterocycles. The summed E-state index contributed by atoms with van der Waals surface area (Å²) in [7, 11) is 1.95. The third-order valence-electron chi connectivity index (χ3n) is 3.44. The summed E-state index contributed by atoms with van der Waals surface area (Å²) in [5, 5.41) is 8.39. The van der Waals surface area contributed by atoms with Gasteiger partial charge >= 0.3 is 0 Å². The minimum absolute atomic E-state index is 0.0647. The van der Waals surface area contributed by atoms with Gasteiger partial charge in [0, 0.05) is 6.54 Å². The summed E-state index contributed by atoms with van der Waals surface area (Å²) >= 11 is 6.32. The molecule has 0 radical (unpaired) electrons. The van der Waals surface area contributed by atoms with Crippen molar-refractivity contribution in [3.63, 3.8) is 0 Å². The number of nitrogens with one attached hydrogen (secondary N) is 1. The quantitative estimate of drug-likeness (QED) is 0.927. The number of hydrogen-bond acceptors (Lipinski definition) is 2. The number of aromatic nitrogens is 2. The van der Waals surface area contributed by atoms with E-state index in [1.54, 1.807) is 6.20 Å². The third-order valence-corrected chi connectivity index (χ3v) is 3.73. The first-order chi connectivity index (χ1) is 9.08. The topological polar surface area (TPSA) is 29.9 Å². The number of nitrogens with zero attached hydrogens (tertiary/aromatic N) is 2. The standard InChI is InChI=1S/C15H20ClN3/c1-5-19-15(13(16)9-18-19)14(17-4)12-8-10(2)6-7-11(12)3/h6-9,14,17H,5H2,1-4H3. The summed E-state index contributed by atoms with van der Waals surface area (Å²) in [4.78, 5) is 0. The van der Waals surface area contributed by atoms with Gasteiger partial charge < -0.3 is 5.32 Å². The van der Waals surface area contributed by atoms with Crippen LogP contribution in [0.25, 0.3) is 0 Å². The summed E-state index contributed by atoms with van der Waals surface area (Å²) in [6.07, 6.45) is 1.72. The lowest BCUT2D eigenvalue weighted by Gasteiger charge is -2.21. The highest BCUT2D eigenvalue weighted by Crippen LogP contribution is 2.30. The maximum Gasteiger partial charge on any atom is 0.0837 e. The number of aryl methyl sites for hydroxylation is 3. The highest BCUT2D eigenvalue weighted by atomic mass is 35.5. The van der Waals surface area contributed by atoms with Gasteiger partial charge in [-0.1, -0.05) is 35.4 Å². The smallest absolute Gasteiger partial charge is 0.0837 e. The van der Waals surface area contributed by atoms with Crippen LogP contribution in [0.15, 0.2) is 24.4 Å². The van der Waals surface area contributed by atoms with Crippen LogP contribution in [-0.4, -0.2) is 16.8 Å². The Labute approximate surface area is 119 Å². The molecule has 0 amide bonds. The van der Waals surface area contributed by atoms with E-state index in [1.807, 2.05) is 11.7 Å². The number of rotatable bonds is 4. The minimum Gasteiger partial charge on any atom is -0.308 e. The van der Waals surface area contributed by atoms with Gasteiger partial charge in [-0.3, -0.25) is 4.68 Å². The molecule has 102 valence electrons. The Bertz CT molecular complexity index is 575. The molecule has 1 unspecified atom stereocenters. The maximum atomic E-state index is 6.32. The van der Waals surface area contributed by atoms with E-state index in [9.17, 15) is 0 Å². The lowest BCUT2D eigenvalue weighted by atomic mass is 9.96. The van der Waals surface area contributed by atoms with Crippen LogP contribution in [0, 0.1) is 13.8 Å². The highest BCUT2D eigenvalue weighted by Gasteiger charge is 2.21. The summed E-state index contributed by atoms with van der Waals surface area (Å²) < 4.78 is 1.95. The van der Waals surface area contributed by atoms with E-state index in [0.29, 0.717) is 5.02 Å². The van der Waals surface area contributed by atoms with Crippen LogP contribution < -0.4 is 5.32 Å². The van der Waals surface area contributed by atoms with Crippen molar-refractivity contribution in [3.05, 3.63) is 51.8 Å². The molecule has 3 nitrogen and oxygen atoms in total. The molecule has 0 aliphatic heterocycles. The molecule has 0 spiro atoms. The van der Waals surface area contributed by atoms with Gasteiger partial charge in [-0.25, -0.2) is 0 Å². The van der Waals surface area contributed by atoms with Crippen molar-refractivity contribution >= 4 is 11.6 Å². The van der Waals surface area contributed by atoms with Gasteiger partial charge in [0.15, 0.2) is 0 Å². The van der Waals surface area contributed by atoms with Gasteiger partial charge in [0.2, 0.25) is 0 Å². The van der Waals surface area contributed by atoms with Crippen molar-refractivity contribution in [2.24, 2.45) is 0 Å². The lowest BCUT2D eigenvalue weighted by Crippen LogP contribution is -2.22. The molecule has 0 saturated heterocycles. The average molecular weight is 278 g/mol. The first kappa shape index (κ1) is 14.1. The summed E-state index contributed by atoms with van der Waals surface area (Å²) in [6, 6.07) is 6.55. The van der Waals surface area contributed by atoms with Crippen LogP contribution in [0.5, 0.6) is 0 Å². The van der Waals surface area contributed by atoms with Gasteiger partial charge in [-0.05, 0) is 38.9 Å². The molecule has 1 aromatic carbocycles. The molecular weight excluding hydrogens is 258 g/mol. The molecule has 0 saturated carbocycles. The summed E-state index contributed by atoms with van der Waals surface area (Å²) in [5.74, 6) is 0. The molecule has 0 aliphatic rings. The predicted molar refractivity (Wildman–Crippen MR) is 79.7 cm³/mol. The van der Waals surface area contributed by atoms with Crippen molar-refractivity contribution in [1.29, 1.82) is 0 Å². The molecule has 1 atom stereocenters. The molecule has 2 aromatic rings. The number of benzene rings is 1. The predicted octanol–water partition coefficient (Wildman–Crippen LogP) is 3.48. The molecular formula is C15H20ClN3. The van der Waals surface area contributed by atoms with E-state index in [1.165, 1.54) is 16.7 Å². The minimum atomic E-state index is 0.0647. The Balaban J connectivity index is 2.56. The van der Waals surface area contributed by atoms with Gasteiger partial charge in [0.25, 0.3) is 0 Å². The second-order valence-electron chi connectivity index (χ2n) is 4.78. The molecule has 19 heavy (non-hydrogen) atoms. The monoisotopic (exact) mass is 277 g/mol. The van der Waals surface area contributed by atoms with Crippen LogP contribution in [-0.2, 0) is 6.54 Å². The fourth-order valence-corrected chi connectivity index (χ4v) is 2.67. The van der Waals surface area contributed by atoms with E-state index in [-0.39, 0.29) is 6.04 Å². The van der Waals surface area contributed by atoms with E-state index in [0.717, 1.165) is 12.2 Å². The largest absolute Gasteiger partial charge is 0.308 e. The highest BCUT2D eigenvalue weighted by molar-refractivity contribution is 6.31. The maximum absolute atomic E-state index is 6.32. The molecule has 0 fully saturated rings. The zero-order chi connectivity index (χ0) is 14.0. The van der Waals surface area contributed by atoms with Crippen LogP contribution >= 0.6 is 11.6 Å². The summed E-state index contributed by atoms with van der Waals surface area (Å²) in [5.41, 5.74) is 4.78. The fraction of sp³-hybridized carbons (Fsp3) is 0.400. The molecule has 0 bridgehead atoms. The Kier molecular flexibility index (Phi) is 4.27. The van der Waals surface area contributed by atoms with E-state index >= 15 is 0 Å². The normalized spacial score (nSPS) is 12.7. The van der Waals surface area contributed by atoms with Crippen molar-refractivity contribution in [1.82, 2.24) is 15.1 Å². The lowest BCUT2D eigenvalue weighted by molar-refractivity contribution is 0.562. The average Bonchev–Trinajstić information content (AvgIpc) is 2.76. The second kappa shape index (κ2) is 5.76. The fourth-order valence-electron chi connectivity index (χ4n) is 2.42. The van der Waals surface area contributed by atoms with Crippen molar-refractivity contribution < 1.29 is 0 Å². The van der Waals surface area contributed by atoms with Crippen molar-refractivity contribution in [3.8, 4) is 0 Å². The van der Waals surface area contributed by atoms with E-state index in [4.69, 9.17) is 11.6 Å². The summed E-state index contributed by atoms with van der Waals surface area (Å²) in [6.45, 7) is 7.11. The molecule has 1 N–H and O–H groups in total. The Morgan fingerprint density at radius 1 is 1.37 bits per heavy atom. The van der Waals surface area contributed by atoms with E-state index in [2.05, 4.69) is 49.4 Å². The Hall–Kier alpha value is -1.32. The third kappa shape index (κ3) is 2.67. The van der Waals surface area contributed by atoms with Crippen LogP contribution in [0.3, 0.4) is 0 Å². The van der Waals surface area contributed by atoms with E-state index < -0.39 is 0 Å². The zero-order valence-electron chi connectivity index (χ0n) is 11.9. The molecule has 2 rings (SSSR count).